The second kappa shape index (κ2) is 6.67. The minimum absolute atomic E-state index is 0.00695. The summed E-state index contributed by atoms with van der Waals surface area (Å²) in [5.74, 6) is -0.583. The molecule has 25 heavy (non-hydrogen) atoms. The lowest BCUT2D eigenvalue weighted by molar-refractivity contribution is 0.0600. The van der Waals surface area contributed by atoms with Crippen LogP contribution in [0.3, 0.4) is 0 Å². The maximum absolute atomic E-state index is 11.6. The lowest BCUT2D eigenvalue weighted by atomic mass is 9.84. The van der Waals surface area contributed by atoms with Crippen LogP contribution >= 0.6 is 0 Å². The quantitative estimate of drug-likeness (QED) is 0.809. The van der Waals surface area contributed by atoms with E-state index in [4.69, 9.17) is 19.9 Å². The average molecular weight is 340 g/mol. The van der Waals surface area contributed by atoms with E-state index in [-0.39, 0.29) is 18.1 Å². The third-order valence-corrected chi connectivity index (χ3v) is 3.97. The standard InChI is InChI=1S/C17H16N4O4/c1-23-8-12-14-13(9-3-5-10(6-4-9)17(22)24-2)11(7-18)15(19)25-16(14)21-20-12/h3-6,13H,8,19H2,1-2H3,(H,20,21). The number of aromatic amines is 1. The van der Waals surface area contributed by atoms with E-state index in [2.05, 4.69) is 16.3 Å². The number of hydrogen-bond donors (Lipinski definition) is 2. The molecule has 3 N–H and O–H groups in total. The molecular formula is C17H16N4O4. The van der Waals surface area contributed by atoms with Crippen LogP contribution in [-0.4, -0.2) is 30.4 Å². The molecular weight excluding hydrogens is 324 g/mol. The number of carbonyl (C=O) groups excluding carboxylic acids is 1. The molecule has 0 amide bonds. The molecule has 0 bridgehead atoms. The fourth-order valence-electron chi connectivity index (χ4n) is 2.83. The first-order valence-electron chi connectivity index (χ1n) is 7.42. The van der Waals surface area contributed by atoms with Crippen LogP contribution in [0.1, 0.15) is 33.1 Å². The van der Waals surface area contributed by atoms with Crippen LogP contribution in [0.5, 0.6) is 5.88 Å². The van der Waals surface area contributed by atoms with Crippen molar-refractivity contribution < 1.29 is 19.0 Å². The van der Waals surface area contributed by atoms with Gasteiger partial charge < -0.3 is 19.9 Å². The van der Waals surface area contributed by atoms with Gasteiger partial charge in [0.1, 0.15) is 11.6 Å². The van der Waals surface area contributed by atoms with Crippen molar-refractivity contribution in [2.45, 2.75) is 12.5 Å². The van der Waals surface area contributed by atoms with Crippen molar-refractivity contribution in [3.05, 3.63) is 58.1 Å². The number of esters is 1. The molecule has 2 aromatic rings. The molecule has 0 fully saturated rings. The summed E-state index contributed by atoms with van der Waals surface area (Å²) in [6.07, 6.45) is 0. The van der Waals surface area contributed by atoms with Crippen LogP contribution in [0.15, 0.2) is 35.7 Å². The first-order chi connectivity index (χ1) is 12.1. The number of nitrogens with two attached hydrogens (primary N) is 1. The SMILES string of the molecule is COCc1[nH]nc2c1C(c1ccc(C(=O)OC)cc1)C(C#N)=C(N)O2. The highest BCUT2D eigenvalue weighted by Crippen LogP contribution is 2.42. The highest BCUT2D eigenvalue weighted by molar-refractivity contribution is 5.89. The summed E-state index contributed by atoms with van der Waals surface area (Å²) in [5.41, 5.74) is 8.74. The molecule has 1 aromatic heterocycles. The van der Waals surface area contributed by atoms with Crippen molar-refractivity contribution in [1.82, 2.24) is 10.2 Å². The summed E-state index contributed by atoms with van der Waals surface area (Å²) in [5, 5.41) is 16.5. The van der Waals surface area contributed by atoms with Crippen LogP contribution in [0, 0.1) is 11.3 Å². The van der Waals surface area contributed by atoms with Gasteiger partial charge in [-0.05, 0) is 17.7 Å². The highest BCUT2D eigenvalue weighted by atomic mass is 16.5. The normalized spacial score (nSPS) is 16.0. The smallest absolute Gasteiger partial charge is 0.337 e. The monoisotopic (exact) mass is 340 g/mol. The number of hydrogen-bond acceptors (Lipinski definition) is 7. The average Bonchev–Trinajstić information content (AvgIpc) is 3.02. The number of H-pyrrole nitrogens is 1. The van der Waals surface area contributed by atoms with E-state index in [0.717, 1.165) is 5.56 Å². The number of fused-ring (bicyclic) bond motifs is 1. The van der Waals surface area contributed by atoms with E-state index in [1.54, 1.807) is 31.4 Å². The predicted molar refractivity (Wildman–Crippen MR) is 86.4 cm³/mol. The van der Waals surface area contributed by atoms with Gasteiger partial charge in [-0.25, -0.2) is 4.79 Å². The zero-order valence-corrected chi connectivity index (χ0v) is 13.7. The van der Waals surface area contributed by atoms with Gasteiger partial charge >= 0.3 is 5.97 Å². The molecule has 1 aromatic carbocycles. The number of ether oxygens (including phenoxy) is 3. The van der Waals surface area contributed by atoms with Crippen LogP contribution in [0.2, 0.25) is 0 Å². The van der Waals surface area contributed by atoms with E-state index in [1.165, 1.54) is 7.11 Å². The molecule has 0 radical (unpaired) electrons. The first kappa shape index (κ1) is 16.5. The van der Waals surface area contributed by atoms with Crippen molar-refractivity contribution in [2.75, 3.05) is 14.2 Å². The number of carbonyl (C=O) groups is 1. The molecule has 2 heterocycles. The molecule has 1 unspecified atom stereocenters. The summed E-state index contributed by atoms with van der Waals surface area (Å²) >= 11 is 0. The third kappa shape index (κ3) is 2.81. The van der Waals surface area contributed by atoms with Gasteiger partial charge in [-0.15, -0.1) is 5.10 Å². The molecule has 128 valence electrons. The van der Waals surface area contributed by atoms with E-state index in [0.29, 0.717) is 22.7 Å². The van der Waals surface area contributed by atoms with Gasteiger partial charge in [0.15, 0.2) is 0 Å². The fourth-order valence-corrected chi connectivity index (χ4v) is 2.83. The number of rotatable bonds is 4. The van der Waals surface area contributed by atoms with Gasteiger partial charge in [0, 0.05) is 7.11 Å². The predicted octanol–water partition coefficient (Wildman–Crippen LogP) is 1.56. The number of methoxy groups -OCH3 is 2. The highest BCUT2D eigenvalue weighted by Gasteiger charge is 2.35. The molecule has 8 nitrogen and oxygen atoms in total. The Kier molecular flexibility index (Phi) is 4.41. The maximum Gasteiger partial charge on any atom is 0.337 e. The molecule has 3 rings (SSSR count). The molecule has 0 aliphatic carbocycles. The van der Waals surface area contributed by atoms with E-state index in [1.807, 2.05) is 0 Å². The Morgan fingerprint density at radius 1 is 1.40 bits per heavy atom. The van der Waals surface area contributed by atoms with E-state index in [9.17, 15) is 10.1 Å². The fraction of sp³-hybridized carbons (Fsp3) is 0.235. The molecule has 8 heteroatoms. The Balaban J connectivity index is 2.11. The minimum Gasteiger partial charge on any atom is -0.465 e. The number of allylic oxidation sites excluding steroid dienone is 1. The van der Waals surface area contributed by atoms with Crippen LogP contribution in [-0.2, 0) is 16.1 Å². The molecule has 0 saturated carbocycles. The van der Waals surface area contributed by atoms with Crippen molar-refractivity contribution >= 4 is 5.97 Å². The second-order valence-electron chi connectivity index (χ2n) is 5.39. The van der Waals surface area contributed by atoms with Gasteiger partial charge in [-0.3, -0.25) is 5.10 Å². The number of nitriles is 1. The van der Waals surface area contributed by atoms with Crippen molar-refractivity contribution in [1.29, 1.82) is 5.26 Å². The third-order valence-electron chi connectivity index (χ3n) is 3.97. The van der Waals surface area contributed by atoms with Gasteiger partial charge in [0.25, 0.3) is 0 Å². The second-order valence-corrected chi connectivity index (χ2v) is 5.39. The van der Waals surface area contributed by atoms with E-state index >= 15 is 0 Å². The van der Waals surface area contributed by atoms with Gasteiger partial charge in [-0.2, -0.15) is 5.26 Å². The van der Waals surface area contributed by atoms with Crippen LogP contribution in [0.25, 0.3) is 0 Å². The van der Waals surface area contributed by atoms with Gasteiger partial charge in [0.05, 0.1) is 36.5 Å². The Morgan fingerprint density at radius 3 is 2.72 bits per heavy atom. The molecule has 0 spiro atoms. The number of benzene rings is 1. The summed E-state index contributed by atoms with van der Waals surface area (Å²) in [7, 11) is 2.88. The lowest BCUT2D eigenvalue weighted by Crippen LogP contribution is -2.21. The molecule has 1 atom stereocenters. The van der Waals surface area contributed by atoms with Crippen molar-refractivity contribution in [3.63, 3.8) is 0 Å². The molecule has 1 aliphatic rings. The number of aromatic nitrogens is 2. The Hall–Kier alpha value is -3.31. The van der Waals surface area contributed by atoms with Gasteiger partial charge in [0.2, 0.25) is 11.8 Å². The summed E-state index contributed by atoms with van der Waals surface area (Å²) in [4.78, 5) is 11.6. The summed E-state index contributed by atoms with van der Waals surface area (Å²) in [6, 6.07) is 8.88. The van der Waals surface area contributed by atoms with Crippen molar-refractivity contribution in [2.24, 2.45) is 5.73 Å². The van der Waals surface area contributed by atoms with Crippen LogP contribution in [0.4, 0.5) is 0 Å². The number of nitrogens with zero attached hydrogens (tertiary/aromatic N) is 2. The van der Waals surface area contributed by atoms with E-state index < -0.39 is 11.9 Å². The van der Waals surface area contributed by atoms with Gasteiger partial charge in [-0.1, -0.05) is 12.1 Å². The number of nitrogens with one attached hydrogen (secondary N) is 1. The molecule has 1 aliphatic heterocycles. The minimum atomic E-state index is -0.468. The summed E-state index contributed by atoms with van der Waals surface area (Å²) < 4.78 is 15.3. The first-order valence-corrected chi connectivity index (χ1v) is 7.42. The van der Waals surface area contributed by atoms with Crippen molar-refractivity contribution in [3.8, 4) is 11.9 Å². The molecule has 0 saturated heterocycles. The lowest BCUT2D eigenvalue weighted by Gasteiger charge is -2.24. The summed E-state index contributed by atoms with van der Waals surface area (Å²) in [6.45, 7) is 0.279. The zero-order chi connectivity index (χ0) is 18.0. The Morgan fingerprint density at radius 2 is 2.12 bits per heavy atom. The largest absolute Gasteiger partial charge is 0.465 e. The Bertz CT molecular complexity index is 877. The zero-order valence-electron chi connectivity index (χ0n) is 13.7. The maximum atomic E-state index is 11.6. The van der Waals surface area contributed by atoms with Crippen LogP contribution < -0.4 is 10.5 Å². The topological polar surface area (TPSA) is 123 Å². The Labute approximate surface area is 143 Å².